The highest BCUT2D eigenvalue weighted by Gasteiger charge is 2.16. The highest BCUT2D eigenvalue weighted by atomic mass is 16.6. The highest BCUT2D eigenvalue weighted by Crippen LogP contribution is 2.12. The Morgan fingerprint density at radius 3 is 3.00 bits per heavy atom. The number of imidazole rings is 1. The van der Waals surface area contributed by atoms with E-state index in [4.69, 9.17) is 4.74 Å². The third kappa shape index (κ3) is 2.29. The molecule has 0 spiro atoms. The van der Waals surface area contributed by atoms with E-state index < -0.39 is 4.92 Å². The Hall–Kier alpha value is -1.43. The summed E-state index contributed by atoms with van der Waals surface area (Å²) in [5.74, 6) is 0.651. The van der Waals surface area contributed by atoms with E-state index in [1.807, 2.05) is 6.92 Å². The van der Waals surface area contributed by atoms with E-state index >= 15 is 0 Å². The van der Waals surface area contributed by atoms with Crippen LogP contribution in [0.15, 0.2) is 6.20 Å². The normalized spacial score (nSPS) is 10.4. The number of aryl methyl sites for hydroxylation is 1. The summed E-state index contributed by atoms with van der Waals surface area (Å²) in [6.07, 6.45) is 1.27. The molecule has 6 heteroatoms. The minimum absolute atomic E-state index is 0.0159. The zero-order valence-corrected chi connectivity index (χ0v) is 8.27. The lowest BCUT2D eigenvalue weighted by Gasteiger charge is -2.02. The van der Waals surface area contributed by atoms with Crippen molar-refractivity contribution >= 4 is 5.82 Å². The van der Waals surface area contributed by atoms with Crippen molar-refractivity contribution in [3.8, 4) is 0 Å². The van der Waals surface area contributed by atoms with Crippen LogP contribution in [0.1, 0.15) is 12.7 Å². The molecular formula is C8H13N3O3. The summed E-state index contributed by atoms with van der Waals surface area (Å²) < 4.78 is 6.66. The smallest absolute Gasteiger partial charge is 0.342 e. The molecule has 1 aromatic rings. The summed E-state index contributed by atoms with van der Waals surface area (Å²) >= 11 is 0. The molecule has 14 heavy (non-hydrogen) atoms. The Bertz CT molecular complexity index is 322. The standard InChI is InChI=1S/C8H13N3O3/c1-3-14-5-4-10-7(2)9-6-8(10)11(12)13/h6H,3-5H2,1-2H3. The van der Waals surface area contributed by atoms with Gasteiger partial charge >= 0.3 is 5.82 Å². The molecule has 0 aromatic carbocycles. The fourth-order valence-electron chi connectivity index (χ4n) is 1.18. The van der Waals surface area contributed by atoms with Gasteiger partial charge in [-0.15, -0.1) is 0 Å². The van der Waals surface area contributed by atoms with Gasteiger partial charge in [-0.2, -0.15) is 0 Å². The van der Waals surface area contributed by atoms with E-state index in [1.54, 1.807) is 6.92 Å². The lowest BCUT2D eigenvalue weighted by atomic mass is 10.6. The predicted octanol–water partition coefficient (Wildman–Crippen LogP) is 1.14. The predicted molar refractivity (Wildman–Crippen MR) is 50.1 cm³/mol. The second-order valence-corrected chi connectivity index (χ2v) is 2.77. The quantitative estimate of drug-likeness (QED) is 0.405. The number of hydrogen-bond acceptors (Lipinski definition) is 4. The second kappa shape index (κ2) is 4.71. The van der Waals surface area contributed by atoms with E-state index in [-0.39, 0.29) is 5.82 Å². The Kier molecular flexibility index (Phi) is 3.58. The van der Waals surface area contributed by atoms with Crippen molar-refractivity contribution in [3.63, 3.8) is 0 Å². The van der Waals surface area contributed by atoms with Crippen LogP contribution < -0.4 is 0 Å². The van der Waals surface area contributed by atoms with Gasteiger partial charge in [-0.1, -0.05) is 0 Å². The summed E-state index contributed by atoms with van der Waals surface area (Å²) in [6, 6.07) is 0. The lowest BCUT2D eigenvalue weighted by molar-refractivity contribution is -0.392. The third-order valence-electron chi connectivity index (χ3n) is 1.88. The van der Waals surface area contributed by atoms with Gasteiger partial charge in [-0.3, -0.25) is 0 Å². The van der Waals surface area contributed by atoms with Crippen LogP contribution in [0.25, 0.3) is 0 Å². The largest absolute Gasteiger partial charge is 0.378 e. The molecule has 78 valence electrons. The van der Waals surface area contributed by atoms with E-state index in [9.17, 15) is 10.1 Å². The van der Waals surface area contributed by atoms with Crippen molar-refractivity contribution in [3.05, 3.63) is 22.1 Å². The monoisotopic (exact) mass is 199 g/mol. The first-order chi connectivity index (χ1) is 6.66. The SMILES string of the molecule is CCOCCn1c([N+](=O)[O-])cnc1C. The molecule has 0 fully saturated rings. The summed E-state index contributed by atoms with van der Waals surface area (Å²) in [6.45, 7) is 5.17. The van der Waals surface area contributed by atoms with Gasteiger partial charge in [0.15, 0.2) is 5.82 Å². The minimum atomic E-state index is -0.439. The van der Waals surface area contributed by atoms with Gasteiger partial charge in [0.1, 0.15) is 12.7 Å². The van der Waals surface area contributed by atoms with Crippen molar-refractivity contribution in [1.82, 2.24) is 9.55 Å². The van der Waals surface area contributed by atoms with E-state index in [1.165, 1.54) is 10.8 Å². The molecule has 0 unspecified atom stereocenters. The molecule has 0 aliphatic heterocycles. The first-order valence-corrected chi connectivity index (χ1v) is 4.41. The first-order valence-electron chi connectivity index (χ1n) is 4.41. The average Bonchev–Trinajstić information content (AvgIpc) is 2.48. The molecule has 1 aromatic heterocycles. The second-order valence-electron chi connectivity index (χ2n) is 2.77. The van der Waals surface area contributed by atoms with Gasteiger partial charge in [0.2, 0.25) is 0 Å². The van der Waals surface area contributed by atoms with Gasteiger partial charge in [0.25, 0.3) is 0 Å². The van der Waals surface area contributed by atoms with E-state index in [0.717, 1.165) is 0 Å². The first kappa shape index (κ1) is 10.6. The third-order valence-corrected chi connectivity index (χ3v) is 1.88. The Morgan fingerprint density at radius 1 is 1.71 bits per heavy atom. The van der Waals surface area contributed by atoms with Crippen LogP contribution in [0.5, 0.6) is 0 Å². The van der Waals surface area contributed by atoms with Crippen molar-refractivity contribution in [2.75, 3.05) is 13.2 Å². The van der Waals surface area contributed by atoms with Gasteiger partial charge in [-0.05, 0) is 11.8 Å². The molecular weight excluding hydrogens is 186 g/mol. The number of ether oxygens (including phenoxy) is 1. The molecule has 0 N–H and O–H groups in total. The fourth-order valence-corrected chi connectivity index (χ4v) is 1.18. The van der Waals surface area contributed by atoms with Gasteiger partial charge in [0, 0.05) is 13.5 Å². The molecule has 6 nitrogen and oxygen atoms in total. The molecule has 1 heterocycles. The topological polar surface area (TPSA) is 70.2 Å². The summed E-state index contributed by atoms with van der Waals surface area (Å²) in [4.78, 5) is 14.0. The van der Waals surface area contributed by atoms with Crippen molar-refractivity contribution < 1.29 is 9.66 Å². The van der Waals surface area contributed by atoms with Gasteiger partial charge in [0.05, 0.1) is 6.61 Å². The molecule has 0 radical (unpaired) electrons. The average molecular weight is 199 g/mol. The van der Waals surface area contributed by atoms with E-state index in [0.29, 0.717) is 25.6 Å². The van der Waals surface area contributed by atoms with Crippen molar-refractivity contribution in [2.24, 2.45) is 0 Å². The Morgan fingerprint density at radius 2 is 2.43 bits per heavy atom. The van der Waals surface area contributed by atoms with Crippen LogP contribution in [0, 0.1) is 17.0 Å². The summed E-state index contributed by atoms with van der Waals surface area (Å²) in [7, 11) is 0. The maximum atomic E-state index is 10.6. The zero-order chi connectivity index (χ0) is 10.6. The van der Waals surface area contributed by atoms with Gasteiger partial charge in [-0.25, -0.2) is 9.55 Å². The highest BCUT2D eigenvalue weighted by molar-refractivity contribution is 5.18. The van der Waals surface area contributed by atoms with Crippen LogP contribution in [-0.4, -0.2) is 27.7 Å². The zero-order valence-electron chi connectivity index (χ0n) is 8.27. The maximum Gasteiger partial charge on any atom is 0.342 e. The van der Waals surface area contributed by atoms with Crippen LogP contribution in [0.2, 0.25) is 0 Å². The Labute approximate surface area is 81.7 Å². The van der Waals surface area contributed by atoms with Crippen LogP contribution in [0.3, 0.4) is 0 Å². The van der Waals surface area contributed by atoms with Crippen LogP contribution in [0.4, 0.5) is 5.82 Å². The van der Waals surface area contributed by atoms with Crippen LogP contribution >= 0.6 is 0 Å². The number of aromatic nitrogens is 2. The Balaban J connectivity index is 2.72. The molecule has 0 aliphatic carbocycles. The number of hydrogen-bond donors (Lipinski definition) is 0. The maximum absolute atomic E-state index is 10.6. The van der Waals surface area contributed by atoms with Crippen LogP contribution in [-0.2, 0) is 11.3 Å². The summed E-state index contributed by atoms with van der Waals surface area (Å²) in [5, 5.41) is 10.6. The molecule has 0 aliphatic rings. The summed E-state index contributed by atoms with van der Waals surface area (Å²) in [5.41, 5.74) is 0. The molecule has 0 amide bonds. The fraction of sp³-hybridized carbons (Fsp3) is 0.625. The van der Waals surface area contributed by atoms with Crippen molar-refractivity contribution in [2.45, 2.75) is 20.4 Å². The number of rotatable bonds is 5. The van der Waals surface area contributed by atoms with E-state index in [2.05, 4.69) is 4.98 Å². The molecule has 1 rings (SSSR count). The van der Waals surface area contributed by atoms with Gasteiger partial charge < -0.3 is 14.9 Å². The number of nitro groups is 1. The number of nitrogens with zero attached hydrogens (tertiary/aromatic N) is 3. The lowest BCUT2D eigenvalue weighted by Crippen LogP contribution is -2.10. The molecule has 0 bridgehead atoms. The molecule has 0 saturated heterocycles. The molecule has 0 saturated carbocycles. The molecule has 0 atom stereocenters. The van der Waals surface area contributed by atoms with Crippen molar-refractivity contribution in [1.29, 1.82) is 0 Å². The minimum Gasteiger partial charge on any atom is -0.378 e.